The van der Waals surface area contributed by atoms with E-state index in [9.17, 15) is 0 Å². The minimum Gasteiger partial charge on any atom is -0.383 e. The normalized spacial score (nSPS) is 23.7. The summed E-state index contributed by atoms with van der Waals surface area (Å²) in [7, 11) is 1.74. The SMILES string of the molecule is COCCn1c(C)cc([C@@H]2[C@H](c3ccccn3)NC(=S)N2c2ccc(N3C[C@H](C)C[C@H](C)C3)c(Cl)c2)c1C. The average Bonchev–Trinajstić information content (AvgIpc) is 3.37. The van der Waals surface area contributed by atoms with Gasteiger partial charge in [0.1, 0.15) is 0 Å². The molecule has 0 aliphatic carbocycles. The van der Waals surface area contributed by atoms with Crippen molar-refractivity contribution < 1.29 is 4.74 Å². The van der Waals surface area contributed by atoms with Gasteiger partial charge in [-0.05, 0) is 86.3 Å². The predicted octanol–water partition coefficient (Wildman–Crippen LogP) is 6.46. The summed E-state index contributed by atoms with van der Waals surface area (Å²) in [5.74, 6) is 1.31. The molecule has 0 bridgehead atoms. The number of rotatable bonds is 7. The van der Waals surface area contributed by atoms with Crippen molar-refractivity contribution in [3.05, 3.63) is 76.3 Å². The zero-order valence-corrected chi connectivity index (χ0v) is 24.5. The standard InChI is InChI=1S/C30H38ClN5OS/c1-19-14-20(2)18-34(17-19)27-10-9-23(16-25(27)31)36-29(24-15-21(3)35(22(24)4)12-13-37-5)28(33-30(36)38)26-8-6-7-11-32-26/h6-11,15-16,19-20,28-29H,12-14,17-18H2,1-5H3,(H,33,38)/t19-,20+,28-,29+/m0/s1. The highest BCUT2D eigenvalue weighted by Gasteiger charge is 2.42. The van der Waals surface area contributed by atoms with Gasteiger partial charge in [0.05, 0.1) is 35.1 Å². The average molecular weight is 552 g/mol. The second kappa shape index (κ2) is 11.2. The third-order valence-electron chi connectivity index (χ3n) is 7.97. The van der Waals surface area contributed by atoms with Crippen molar-refractivity contribution in [3.63, 3.8) is 0 Å². The highest BCUT2D eigenvalue weighted by molar-refractivity contribution is 7.80. The zero-order valence-electron chi connectivity index (χ0n) is 22.9. The Balaban J connectivity index is 1.55. The molecular weight excluding hydrogens is 514 g/mol. The number of halogens is 1. The molecule has 4 heterocycles. The Morgan fingerprint density at radius 3 is 2.53 bits per heavy atom. The van der Waals surface area contributed by atoms with E-state index in [4.69, 9.17) is 33.5 Å². The van der Waals surface area contributed by atoms with Crippen LogP contribution in [-0.4, -0.2) is 41.5 Å². The lowest BCUT2D eigenvalue weighted by molar-refractivity contribution is 0.186. The predicted molar refractivity (Wildman–Crippen MR) is 160 cm³/mol. The molecule has 2 aliphatic heterocycles. The van der Waals surface area contributed by atoms with Crippen LogP contribution in [0, 0.1) is 25.7 Å². The summed E-state index contributed by atoms with van der Waals surface area (Å²) < 4.78 is 7.71. The van der Waals surface area contributed by atoms with Crippen LogP contribution in [0.1, 0.15) is 55.0 Å². The number of benzene rings is 1. The Kier molecular flexibility index (Phi) is 7.98. The van der Waals surface area contributed by atoms with E-state index in [1.165, 1.54) is 23.4 Å². The number of hydrogen-bond acceptors (Lipinski definition) is 4. The van der Waals surface area contributed by atoms with Gasteiger partial charge >= 0.3 is 0 Å². The Hall–Kier alpha value is -2.61. The van der Waals surface area contributed by atoms with Gasteiger partial charge in [-0.25, -0.2) is 0 Å². The van der Waals surface area contributed by atoms with Crippen LogP contribution in [0.4, 0.5) is 11.4 Å². The van der Waals surface area contributed by atoms with E-state index in [0.717, 1.165) is 41.7 Å². The van der Waals surface area contributed by atoms with E-state index in [1.54, 1.807) is 7.11 Å². The first-order chi connectivity index (χ1) is 18.3. The molecule has 202 valence electrons. The van der Waals surface area contributed by atoms with Gasteiger partial charge in [0, 0.05) is 50.0 Å². The molecule has 5 rings (SSSR count). The van der Waals surface area contributed by atoms with Crippen LogP contribution in [0.5, 0.6) is 0 Å². The summed E-state index contributed by atoms with van der Waals surface area (Å²) in [6.45, 7) is 12.5. The summed E-state index contributed by atoms with van der Waals surface area (Å²) in [6.07, 6.45) is 3.10. The summed E-state index contributed by atoms with van der Waals surface area (Å²) in [5.41, 5.74) is 6.68. The topological polar surface area (TPSA) is 45.6 Å². The fourth-order valence-corrected chi connectivity index (χ4v) is 7.00. The van der Waals surface area contributed by atoms with Gasteiger partial charge in [0.2, 0.25) is 0 Å². The highest BCUT2D eigenvalue weighted by atomic mass is 35.5. The minimum atomic E-state index is -0.0951. The van der Waals surface area contributed by atoms with Crippen LogP contribution in [0.2, 0.25) is 5.02 Å². The van der Waals surface area contributed by atoms with Crippen LogP contribution in [0.15, 0.2) is 48.7 Å². The second-order valence-corrected chi connectivity index (χ2v) is 11.7. The van der Waals surface area contributed by atoms with Gasteiger partial charge in [0.15, 0.2) is 5.11 Å². The number of anilines is 2. The Morgan fingerprint density at radius 2 is 1.87 bits per heavy atom. The smallest absolute Gasteiger partial charge is 0.174 e. The lowest BCUT2D eigenvalue weighted by Crippen LogP contribution is -2.38. The van der Waals surface area contributed by atoms with Crippen LogP contribution in [0.25, 0.3) is 0 Å². The fourth-order valence-electron chi connectivity index (χ4n) is 6.36. The van der Waals surface area contributed by atoms with Crippen LogP contribution in [-0.2, 0) is 11.3 Å². The van der Waals surface area contributed by atoms with Gasteiger partial charge in [0.25, 0.3) is 0 Å². The molecule has 4 atom stereocenters. The lowest BCUT2D eigenvalue weighted by Gasteiger charge is -2.37. The van der Waals surface area contributed by atoms with E-state index in [2.05, 4.69) is 77.7 Å². The molecule has 0 saturated carbocycles. The zero-order chi connectivity index (χ0) is 27.0. The van der Waals surface area contributed by atoms with E-state index in [0.29, 0.717) is 23.6 Å². The maximum atomic E-state index is 6.99. The van der Waals surface area contributed by atoms with Gasteiger partial charge in [-0.3, -0.25) is 4.98 Å². The molecule has 2 aliphatic rings. The Bertz CT molecular complexity index is 1290. The number of ether oxygens (including phenoxy) is 1. The first kappa shape index (κ1) is 27.0. The first-order valence-electron chi connectivity index (χ1n) is 13.5. The van der Waals surface area contributed by atoms with Crippen molar-refractivity contribution in [2.45, 2.75) is 52.7 Å². The lowest BCUT2D eigenvalue weighted by atomic mass is 9.91. The molecule has 1 N–H and O–H groups in total. The molecule has 1 aromatic carbocycles. The largest absolute Gasteiger partial charge is 0.383 e. The quantitative estimate of drug-likeness (QED) is 0.340. The van der Waals surface area contributed by atoms with E-state index >= 15 is 0 Å². The van der Waals surface area contributed by atoms with E-state index in [1.807, 2.05) is 18.3 Å². The van der Waals surface area contributed by atoms with Crippen molar-refractivity contribution in [2.75, 3.05) is 36.6 Å². The highest BCUT2D eigenvalue weighted by Crippen LogP contribution is 2.45. The van der Waals surface area contributed by atoms with Crippen LogP contribution < -0.4 is 15.1 Å². The van der Waals surface area contributed by atoms with Crippen molar-refractivity contribution >= 4 is 40.3 Å². The third kappa shape index (κ3) is 5.16. The molecule has 2 aromatic heterocycles. The monoisotopic (exact) mass is 551 g/mol. The molecular formula is C30H38ClN5OS. The molecule has 0 unspecified atom stereocenters. The summed E-state index contributed by atoms with van der Waals surface area (Å²) in [4.78, 5) is 9.36. The molecule has 0 amide bonds. The molecule has 8 heteroatoms. The first-order valence-corrected chi connectivity index (χ1v) is 14.3. The van der Waals surface area contributed by atoms with E-state index < -0.39 is 0 Å². The molecule has 38 heavy (non-hydrogen) atoms. The second-order valence-electron chi connectivity index (χ2n) is 11.0. The third-order valence-corrected chi connectivity index (χ3v) is 8.58. The van der Waals surface area contributed by atoms with Crippen LogP contribution >= 0.6 is 23.8 Å². The molecule has 0 radical (unpaired) electrons. The van der Waals surface area contributed by atoms with Crippen molar-refractivity contribution in [1.29, 1.82) is 0 Å². The number of nitrogens with zero attached hydrogens (tertiary/aromatic N) is 4. The Morgan fingerprint density at radius 1 is 1.11 bits per heavy atom. The number of methoxy groups -OCH3 is 1. The Labute approximate surface area is 236 Å². The summed E-state index contributed by atoms with van der Waals surface area (Å²) in [5, 5.41) is 5.02. The number of pyridine rings is 1. The number of hydrogen-bond donors (Lipinski definition) is 1. The van der Waals surface area contributed by atoms with E-state index in [-0.39, 0.29) is 12.1 Å². The number of thiocarbonyl (C=S) groups is 1. The number of piperidine rings is 1. The maximum absolute atomic E-state index is 6.99. The van der Waals surface area contributed by atoms with Gasteiger partial charge in [-0.2, -0.15) is 0 Å². The fraction of sp³-hybridized carbons (Fsp3) is 0.467. The van der Waals surface area contributed by atoms with Gasteiger partial charge in [-0.15, -0.1) is 0 Å². The number of aryl methyl sites for hydroxylation is 1. The molecule has 0 spiro atoms. The van der Waals surface area contributed by atoms with Crippen molar-refractivity contribution in [1.82, 2.24) is 14.9 Å². The molecule has 6 nitrogen and oxygen atoms in total. The molecule has 2 fully saturated rings. The van der Waals surface area contributed by atoms with Crippen LogP contribution in [0.3, 0.4) is 0 Å². The summed E-state index contributed by atoms with van der Waals surface area (Å²) >= 11 is 13.0. The van der Waals surface area contributed by atoms with Gasteiger partial charge < -0.3 is 24.4 Å². The molecule has 2 saturated heterocycles. The summed E-state index contributed by atoms with van der Waals surface area (Å²) in [6, 6.07) is 14.6. The van der Waals surface area contributed by atoms with Crippen molar-refractivity contribution in [3.8, 4) is 0 Å². The minimum absolute atomic E-state index is 0.0724. The maximum Gasteiger partial charge on any atom is 0.174 e. The number of aromatic nitrogens is 2. The van der Waals surface area contributed by atoms with Gasteiger partial charge in [-0.1, -0.05) is 31.5 Å². The van der Waals surface area contributed by atoms with Crippen molar-refractivity contribution in [2.24, 2.45) is 11.8 Å². The molecule has 3 aromatic rings. The number of nitrogens with one attached hydrogen (secondary N) is 1.